The predicted octanol–water partition coefficient (Wildman–Crippen LogP) is 4.62. The smallest absolute Gasteiger partial charge is 0.383 e. The van der Waals surface area contributed by atoms with Crippen LogP contribution in [0.2, 0.25) is 5.02 Å². The SMILES string of the molecule is O=C(CCNc1cc(C(F)(F)F)ccc1Cl)NCc1ccc(F)cc1. The largest absolute Gasteiger partial charge is 0.416 e. The number of benzene rings is 2. The van der Waals surface area contributed by atoms with E-state index in [1.807, 2.05) is 0 Å². The lowest BCUT2D eigenvalue weighted by atomic mass is 10.2. The molecular formula is C17H15ClF4N2O. The third kappa shape index (κ3) is 5.94. The van der Waals surface area contributed by atoms with E-state index in [1.54, 1.807) is 12.1 Å². The van der Waals surface area contributed by atoms with Crippen LogP contribution in [0, 0.1) is 5.82 Å². The van der Waals surface area contributed by atoms with E-state index >= 15 is 0 Å². The zero-order valence-electron chi connectivity index (χ0n) is 13.0. The molecule has 25 heavy (non-hydrogen) atoms. The van der Waals surface area contributed by atoms with Crippen molar-refractivity contribution >= 4 is 23.2 Å². The summed E-state index contributed by atoms with van der Waals surface area (Å²) in [5, 5.41) is 5.50. The van der Waals surface area contributed by atoms with Crippen molar-refractivity contribution in [3.8, 4) is 0 Å². The van der Waals surface area contributed by atoms with Crippen LogP contribution in [-0.4, -0.2) is 12.5 Å². The third-order valence-corrected chi connectivity index (χ3v) is 3.69. The van der Waals surface area contributed by atoms with Crippen LogP contribution in [0.25, 0.3) is 0 Å². The van der Waals surface area contributed by atoms with Crippen molar-refractivity contribution in [2.75, 3.05) is 11.9 Å². The molecule has 0 radical (unpaired) electrons. The van der Waals surface area contributed by atoms with E-state index < -0.39 is 11.7 Å². The summed E-state index contributed by atoms with van der Waals surface area (Å²) in [5.41, 5.74) is 0.0339. The van der Waals surface area contributed by atoms with Gasteiger partial charge in [-0.05, 0) is 35.9 Å². The van der Waals surface area contributed by atoms with Crippen LogP contribution >= 0.6 is 11.6 Å². The predicted molar refractivity (Wildman–Crippen MR) is 87.8 cm³/mol. The summed E-state index contributed by atoms with van der Waals surface area (Å²) in [7, 11) is 0. The van der Waals surface area contributed by atoms with Crippen molar-refractivity contribution in [1.82, 2.24) is 5.32 Å². The first-order valence-electron chi connectivity index (χ1n) is 7.37. The van der Waals surface area contributed by atoms with Crippen molar-refractivity contribution in [3.05, 3.63) is 64.4 Å². The summed E-state index contributed by atoms with van der Waals surface area (Å²) >= 11 is 5.85. The van der Waals surface area contributed by atoms with Gasteiger partial charge in [-0.3, -0.25) is 4.79 Å². The number of carbonyl (C=O) groups excluding carboxylic acids is 1. The fourth-order valence-electron chi connectivity index (χ4n) is 2.04. The number of anilines is 1. The second-order valence-corrected chi connectivity index (χ2v) is 5.68. The quantitative estimate of drug-likeness (QED) is 0.725. The molecule has 2 aromatic carbocycles. The molecular weight excluding hydrogens is 360 g/mol. The minimum absolute atomic E-state index is 0.0494. The molecule has 2 rings (SSSR count). The average molecular weight is 375 g/mol. The Morgan fingerprint density at radius 2 is 1.76 bits per heavy atom. The monoisotopic (exact) mass is 374 g/mol. The molecule has 0 atom stereocenters. The highest BCUT2D eigenvalue weighted by Gasteiger charge is 2.30. The molecule has 0 aliphatic carbocycles. The minimum Gasteiger partial charge on any atom is -0.383 e. The first-order chi connectivity index (χ1) is 11.8. The fraction of sp³-hybridized carbons (Fsp3) is 0.235. The first-order valence-corrected chi connectivity index (χ1v) is 7.75. The van der Waals surface area contributed by atoms with Gasteiger partial charge in [0.15, 0.2) is 0 Å². The van der Waals surface area contributed by atoms with E-state index in [9.17, 15) is 22.4 Å². The lowest BCUT2D eigenvalue weighted by molar-refractivity contribution is -0.137. The van der Waals surface area contributed by atoms with Crippen LogP contribution in [0.4, 0.5) is 23.2 Å². The van der Waals surface area contributed by atoms with Gasteiger partial charge in [-0.1, -0.05) is 23.7 Å². The summed E-state index contributed by atoms with van der Waals surface area (Å²) in [6.07, 6.45) is -4.42. The Hall–Kier alpha value is -2.28. The van der Waals surface area contributed by atoms with Crippen molar-refractivity contribution < 1.29 is 22.4 Å². The molecule has 0 saturated heterocycles. The van der Waals surface area contributed by atoms with Crippen LogP contribution in [0.5, 0.6) is 0 Å². The van der Waals surface area contributed by atoms with Gasteiger partial charge in [0.1, 0.15) is 5.82 Å². The second kappa shape index (κ2) is 8.20. The Kier molecular flexibility index (Phi) is 6.25. The molecule has 2 aromatic rings. The van der Waals surface area contributed by atoms with Gasteiger partial charge in [0, 0.05) is 19.5 Å². The molecule has 0 aromatic heterocycles. The Labute approximate surface area is 147 Å². The molecule has 0 saturated carbocycles. The lowest BCUT2D eigenvalue weighted by Gasteiger charge is -2.12. The zero-order valence-corrected chi connectivity index (χ0v) is 13.7. The van der Waals surface area contributed by atoms with Crippen LogP contribution < -0.4 is 10.6 Å². The zero-order chi connectivity index (χ0) is 18.4. The molecule has 2 N–H and O–H groups in total. The van der Waals surface area contributed by atoms with Crippen molar-refractivity contribution in [2.45, 2.75) is 19.1 Å². The standard InChI is InChI=1S/C17H15ClF4N2O/c18-14-6-3-12(17(20,21)22)9-15(14)23-8-7-16(25)24-10-11-1-4-13(19)5-2-11/h1-6,9,23H,7-8,10H2,(H,24,25). The van der Waals surface area contributed by atoms with Crippen LogP contribution in [-0.2, 0) is 17.5 Å². The van der Waals surface area contributed by atoms with E-state index in [0.29, 0.717) is 0 Å². The molecule has 1 amide bonds. The number of rotatable bonds is 6. The third-order valence-electron chi connectivity index (χ3n) is 3.36. The summed E-state index contributed by atoms with van der Waals surface area (Å²) in [6, 6.07) is 8.63. The second-order valence-electron chi connectivity index (χ2n) is 5.27. The fourth-order valence-corrected chi connectivity index (χ4v) is 2.22. The number of halogens is 5. The number of alkyl halides is 3. The van der Waals surface area contributed by atoms with Crippen LogP contribution in [0.1, 0.15) is 17.5 Å². The van der Waals surface area contributed by atoms with E-state index in [2.05, 4.69) is 10.6 Å². The highest BCUT2D eigenvalue weighted by Crippen LogP contribution is 2.33. The maximum absolute atomic E-state index is 12.8. The number of nitrogens with one attached hydrogen (secondary N) is 2. The molecule has 0 fully saturated rings. The van der Waals surface area contributed by atoms with Crippen LogP contribution in [0.3, 0.4) is 0 Å². The summed E-state index contributed by atoms with van der Waals surface area (Å²) in [4.78, 5) is 11.7. The molecule has 3 nitrogen and oxygen atoms in total. The molecule has 0 unspecified atom stereocenters. The molecule has 8 heteroatoms. The summed E-state index contributed by atoms with van der Waals surface area (Å²) in [6.45, 7) is 0.361. The maximum Gasteiger partial charge on any atom is 0.416 e. The molecule has 134 valence electrons. The number of amides is 1. The Bertz CT molecular complexity index is 732. The van der Waals surface area contributed by atoms with E-state index in [0.717, 1.165) is 23.8 Å². The van der Waals surface area contributed by atoms with Gasteiger partial charge in [-0.2, -0.15) is 13.2 Å². The minimum atomic E-state index is -4.46. The highest BCUT2D eigenvalue weighted by molar-refractivity contribution is 6.33. The van der Waals surface area contributed by atoms with Crippen LogP contribution in [0.15, 0.2) is 42.5 Å². The summed E-state index contributed by atoms with van der Waals surface area (Å²) < 4.78 is 50.8. The van der Waals surface area contributed by atoms with E-state index in [1.165, 1.54) is 12.1 Å². The number of hydrogen-bond acceptors (Lipinski definition) is 2. The maximum atomic E-state index is 12.8. The van der Waals surface area contributed by atoms with Crippen molar-refractivity contribution in [3.63, 3.8) is 0 Å². The van der Waals surface area contributed by atoms with Gasteiger partial charge < -0.3 is 10.6 Å². The lowest BCUT2D eigenvalue weighted by Crippen LogP contribution is -2.25. The van der Waals surface area contributed by atoms with Gasteiger partial charge in [0.25, 0.3) is 0 Å². The normalized spacial score (nSPS) is 11.2. The number of carbonyl (C=O) groups is 1. The van der Waals surface area contributed by atoms with E-state index in [-0.39, 0.29) is 41.9 Å². The Morgan fingerprint density at radius 1 is 1.08 bits per heavy atom. The van der Waals surface area contributed by atoms with Crippen molar-refractivity contribution in [1.29, 1.82) is 0 Å². The molecule has 0 spiro atoms. The van der Waals surface area contributed by atoms with Gasteiger partial charge >= 0.3 is 6.18 Å². The highest BCUT2D eigenvalue weighted by atomic mass is 35.5. The van der Waals surface area contributed by atoms with E-state index in [4.69, 9.17) is 11.6 Å². The van der Waals surface area contributed by atoms with Gasteiger partial charge in [-0.15, -0.1) is 0 Å². The Morgan fingerprint density at radius 3 is 2.40 bits per heavy atom. The van der Waals surface area contributed by atoms with Gasteiger partial charge in [0.2, 0.25) is 5.91 Å². The molecule has 0 bridgehead atoms. The average Bonchev–Trinajstić information content (AvgIpc) is 2.55. The van der Waals surface area contributed by atoms with Gasteiger partial charge in [-0.25, -0.2) is 4.39 Å². The molecule has 0 aliphatic rings. The Balaban J connectivity index is 1.82. The topological polar surface area (TPSA) is 41.1 Å². The molecule has 0 heterocycles. The summed E-state index contributed by atoms with van der Waals surface area (Å²) in [5.74, 6) is -0.655. The number of hydrogen-bond donors (Lipinski definition) is 2. The molecule has 0 aliphatic heterocycles. The van der Waals surface area contributed by atoms with Gasteiger partial charge in [0.05, 0.1) is 16.3 Å². The van der Waals surface area contributed by atoms with Crippen molar-refractivity contribution in [2.24, 2.45) is 0 Å². The first kappa shape index (κ1) is 19.1.